The van der Waals surface area contributed by atoms with Crippen molar-refractivity contribution in [3.63, 3.8) is 0 Å². The Hall–Kier alpha value is -1.97. The number of thiocarbonyl (C=S) groups is 1. The average Bonchev–Trinajstić information content (AvgIpc) is 2.38. The van der Waals surface area contributed by atoms with Crippen molar-refractivity contribution in [1.29, 1.82) is 5.41 Å². The fourth-order valence-electron chi connectivity index (χ4n) is 1.96. The molecule has 2 N–H and O–H groups in total. The molecule has 1 unspecified atom stereocenters. The number of benzene rings is 1. The molecule has 0 aromatic heterocycles. The number of methoxy groups -OCH3 is 1. The molecule has 1 heterocycles. The Morgan fingerprint density at radius 2 is 2.11 bits per heavy atom. The Kier molecular flexibility index (Phi) is 3.55. The lowest BCUT2D eigenvalue weighted by Crippen LogP contribution is -2.38. The van der Waals surface area contributed by atoms with E-state index in [0.717, 1.165) is 11.3 Å². The Balaban J connectivity index is 2.37. The van der Waals surface area contributed by atoms with Crippen LogP contribution < -0.4 is 10.1 Å². The SMILES string of the molecule is COc1ccc(C2CC(=O)NC(=S)C2=C=N)cc1. The molecule has 1 aromatic carbocycles. The molecule has 0 saturated carbocycles. The molecule has 5 heteroatoms. The van der Waals surface area contributed by atoms with Gasteiger partial charge in [-0.1, -0.05) is 24.4 Å². The lowest BCUT2D eigenvalue weighted by Gasteiger charge is -2.24. The second kappa shape index (κ2) is 5.12. The number of amides is 1. The molecule has 2 rings (SSSR count). The molecule has 1 aromatic rings. The van der Waals surface area contributed by atoms with E-state index in [1.54, 1.807) is 7.11 Å². The first-order valence-corrected chi connectivity index (χ1v) is 5.84. The zero-order valence-corrected chi connectivity index (χ0v) is 10.6. The number of rotatable bonds is 2. The summed E-state index contributed by atoms with van der Waals surface area (Å²) < 4.78 is 5.09. The van der Waals surface area contributed by atoms with Gasteiger partial charge in [0.2, 0.25) is 5.91 Å². The molecule has 1 aliphatic rings. The first-order valence-electron chi connectivity index (χ1n) is 5.43. The molecular weight excluding hydrogens is 248 g/mol. The van der Waals surface area contributed by atoms with Crippen LogP contribution in [0.1, 0.15) is 17.9 Å². The highest BCUT2D eigenvalue weighted by Gasteiger charge is 2.29. The van der Waals surface area contributed by atoms with Gasteiger partial charge in [-0.2, -0.15) is 0 Å². The van der Waals surface area contributed by atoms with Crippen molar-refractivity contribution in [2.75, 3.05) is 7.11 Å². The number of hydrogen-bond acceptors (Lipinski definition) is 4. The van der Waals surface area contributed by atoms with Crippen LogP contribution in [0.15, 0.2) is 29.8 Å². The number of carbonyl (C=O) groups excluding carboxylic acids is 1. The first kappa shape index (κ1) is 12.5. The van der Waals surface area contributed by atoms with Crippen LogP contribution in [0.5, 0.6) is 5.75 Å². The van der Waals surface area contributed by atoms with Crippen LogP contribution in [0.25, 0.3) is 0 Å². The third kappa shape index (κ3) is 2.32. The van der Waals surface area contributed by atoms with Crippen LogP contribution in [0.3, 0.4) is 0 Å². The van der Waals surface area contributed by atoms with Crippen LogP contribution in [0, 0.1) is 5.41 Å². The van der Waals surface area contributed by atoms with Gasteiger partial charge >= 0.3 is 0 Å². The summed E-state index contributed by atoms with van der Waals surface area (Å²) in [5.41, 5.74) is 1.48. The standard InChI is InChI=1S/C13H12N2O2S/c1-17-9-4-2-8(3-5-9)10-6-12(16)15-13(18)11(10)7-14/h2-5,10,14H,6H2,1H3,(H,15,16,18). The maximum Gasteiger partial charge on any atom is 0.226 e. The predicted octanol–water partition coefficient (Wildman–Crippen LogP) is 1.80. The number of hydrogen-bond donors (Lipinski definition) is 2. The molecule has 0 aliphatic carbocycles. The molecule has 1 atom stereocenters. The molecule has 1 aliphatic heterocycles. The van der Waals surface area contributed by atoms with Gasteiger partial charge in [0.25, 0.3) is 0 Å². The minimum absolute atomic E-state index is 0.125. The Morgan fingerprint density at radius 1 is 1.44 bits per heavy atom. The number of nitrogens with one attached hydrogen (secondary N) is 2. The van der Waals surface area contributed by atoms with Gasteiger partial charge in [0, 0.05) is 12.3 Å². The minimum Gasteiger partial charge on any atom is -0.497 e. The molecule has 0 radical (unpaired) electrons. The van der Waals surface area contributed by atoms with E-state index in [9.17, 15) is 4.79 Å². The Bertz CT molecular complexity index is 545. The molecule has 1 saturated heterocycles. The summed E-state index contributed by atoms with van der Waals surface area (Å²) in [7, 11) is 1.60. The van der Waals surface area contributed by atoms with E-state index >= 15 is 0 Å². The van der Waals surface area contributed by atoms with Gasteiger partial charge in [-0.3, -0.25) is 10.2 Å². The lowest BCUT2D eigenvalue weighted by atomic mass is 9.86. The Labute approximate surface area is 110 Å². The van der Waals surface area contributed by atoms with Crippen molar-refractivity contribution in [2.24, 2.45) is 0 Å². The maximum absolute atomic E-state index is 11.5. The van der Waals surface area contributed by atoms with E-state index in [1.165, 1.54) is 0 Å². The zero-order chi connectivity index (χ0) is 13.1. The van der Waals surface area contributed by atoms with Crippen LogP contribution in [0.4, 0.5) is 0 Å². The summed E-state index contributed by atoms with van der Waals surface area (Å²) in [5, 5.41) is 9.85. The molecule has 1 fully saturated rings. The van der Waals surface area contributed by atoms with Crippen LogP contribution in [-0.4, -0.2) is 23.9 Å². The molecule has 92 valence electrons. The van der Waals surface area contributed by atoms with E-state index in [2.05, 4.69) is 11.2 Å². The van der Waals surface area contributed by atoms with Crippen LogP contribution in [-0.2, 0) is 4.79 Å². The predicted molar refractivity (Wildman–Crippen MR) is 72.3 cm³/mol. The fourth-order valence-corrected chi connectivity index (χ4v) is 2.26. The topological polar surface area (TPSA) is 62.2 Å². The Morgan fingerprint density at radius 3 is 2.67 bits per heavy atom. The van der Waals surface area contributed by atoms with Crippen molar-refractivity contribution in [2.45, 2.75) is 12.3 Å². The van der Waals surface area contributed by atoms with E-state index in [1.807, 2.05) is 24.3 Å². The van der Waals surface area contributed by atoms with Crippen molar-refractivity contribution in [1.82, 2.24) is 5.32 Å². The van der Waals surface area contributed by atoms with Crippen LogP contribution in [0.2, 0.25) is 0 Å². The summed E-state index contributed by atoms with van der Waals surface area (Å²) in [5.74, 6) is 2.76. The molecule has 0 spiro atoms. The van der Waals surface area contributed by atoms with Gasteiger partial charge in [0.15, 0.2) is 0 Å². The fraction of sp³-hybridized carbons (Fsp3) is 0.231. The van der Waals surface area contributed by atoms with Gasteiger partial charge < -0.3 is 10.1 Å². The summed E-state index contributed by atoms with van der Waals surface area (Å²) in [6, 6.07) is 7.41. The van der Waals surface area contributed by atoms with Crippen molar-refractivity contribution < 1.29 is 9.53 Å². The molecule has 4 nitrogen and oxygen atoms in total. The van der Waals surface area contributed by atoms with E-state index in [-0.39, 0.29) is 18.2 Å². The number of ether oxygens (including phenoxy) is 1. The highest BCUT2D eigenvalue weighted by atomic mass is 32.1. The monoisotopic (exact) mass is 260 g/mol. The summed E-state index contributed by atoms with van der Waals surface area (Å²) >= 11 is 5.05. The van der Waals surface area contributed by atoms with Crippen molar-refractivity contribution in [3.8, 4) is 5.75 Å². The summed E-state index contributed by atoms with van der Waals surface area (Å²) in [6.45, 7) is 0. The smallest absolute Gasteiger partial charge is 0.226 e. The quantitative estimate of drug-likeness (QED) is 0.484. The number of piperidine rings is 1. The van der Waals surface area contributed by atoms with Gasteiger partial charge in [0.1, 0.15) is 10.7 Å². The lowest BCUT2D eigenvalue weighted by molar-refractivity contribution is -0.120. The average molecular weight is 260 g/mol. The zero-order valence-electron chi connectivity index (χ0n) is 9.82. The van der Waals surface area contributed by atoms with Gasteiger partial charge in [-0.15, -0.1) is 0 Å². The van der Waals surface area contributed by atoms with Gasteiger partial charge in [-0.25, -0.2) is 0 Å². The number of carbonyl (C=O) groups is 1. The summed E-state index contributed by atoms with van der Waals surface area (Å²) in [6.07, 6.45) is 0.285. The third-order valence-electron chi connectivity index (χ3n) is 2.89. The first-order chi connectivity index (χ1) is 8.65. The maximum atomic E-state index is 11.5. The molecule has 0 bridgehead atoms. The van der Waals surface area contributed by atoms with Crippen molar-refractivity contribution >= 4 is 29.0 Å². The highest BCUT2D eigenvalue weighted by Crippen LogP contribution is 2.30. The van der Waals surface area contributed by atoms with Crippen LogP contribution >= 0.6 is 12.2 Å². The van der Waals surface area contributed by atoms with E-state index in [4.69, 9.17) is 22.4 Å². The van der Waals surface area contributed by atoms with E-state index in [0.29, 0.717) is 10.6 Å². The highest BCUT2D eigenvalue weighted by molar-refractivity contribution is 7.80. The summed E-state index contributed by atoms with van der Waals surface area (Å²) in [4.78, 5) is 11.8. The van der Waals surface area contributed by atoms with E-state index < -0.39 is 0 Å². The molecular formula is C13H12N2O2S. The molecule has 1 amide bonds. The third-order valence-corrected chi connectivity index (χ3v) is 3.21. The minimum atomic E-state index is -0.199. The normalized spacial score (nSPS) is 19.2. The van der Waals surface area contributed by atoms with Gasteiger partial charge in [-0.05, 0) is 23.6 Å². The van der Waals surface area contributed by atoms with Gasteiger partial charge in [0.05, 0.1) is 12.7 Å². The van der Waals surface area contributed by atoms with Crippen molar-refractivity contribution in [3.05, 3.63) is 35.4 Å². The second-order valence-corrected chi connectivity index (χ2v) is 4.35. The molecule has 18 heavy (non-hydrogen) atoms. The second-order valence-electron chi connectivity index (χ2n) is 3.95. The largest absolute Gasteiger partial charge is 0.497 e.